The molecule has 4 aromatic rings. The lowest BCUT2D eigenvalue weighted by Gasteiger charge is -2.11. The molecule has 0 saturated carbocycles. The number of aromatic amines is 1. The van der Waals surface area contributed by atoms with E-state index in [1.165, 1.54) is 12.1 Å². The van der Waals surface area contributed by atoms with E-state index in [0.29, 0.717) is 12.2 Å². The van der Waals surface area contributed by atoms with Crippen molar-refractivity contribution in [3.63, 3.8) is 0 Å². The summed E-state index contributed by atoms with van der Waals surface area (Å²) in [4.78, 5) is 1.07. The molecule has 0 amide bonds. The summed E-state index contributed by atoms with van der Waals surface area (Å²) in [5, 5.41) is 13.7. The molecule has 0 unspecified atom stereocenters. The second-order valence-corrected chi connectivity index (χ2v) is 6.76. The maximum absolute atomic E-state index is 12.2. The highest BCUT2D eigenvalue weighted by Gasteiger charge is 2.30. The van der Waals surface area contributed by atoms with Crippen LogP contribution in [-0.4, -0.2) is 16.6 Å². The summed E-state index contributed by atoms with van der Waals surface area (Å²) in [6.07, 6.45) is -4.69. The fourth-order valence-corrected chi connectivity index (χ4v) is 3.58. The zero-order chi connectivity index (χ0) is 18.9. The molecule has 0 aliphatic rings. The summed E-state index contributed by atoms with van der Waals surface area (Å²) in [5.74, 6) is -0.245. The van der Waals surface area contributed by atoms with Crippen LogP contribution in [0.1, 0.15) is 5.56 Å². The summed E-state index contributed by atoms with van der Waals surface area (Å²) in [6, 6.07) is 15.6. The smallest absolute Gasteiger partial charge is 0.406 e. The molecule has 0 fully saturated rings. The minimum atomic E-state index is -4.69. The SMILES string of the molecule is FC(F)(F)Oc1ccc(NCc2cccc3[nH]nc(-c4cccs4)c23)cc1. The van der Waals surface area contributed by atoms with Crippen LogP contribution in [0.2, 0.25) is 0 Å². The highest BCUT2D eigenvalue weighted by molar-refractivity contribution is 7.13. The topological polar surface area (TPSA) is 49.9 Å². The highest BCUT2D eigenvalue weighted by atomic mass is 32.1. The van der Waals surface area contributed by atoms with Gasteiger partial charge in [-0.15, -0.1) is 24.5 Å². The number of benzene rings is 2. The van der Waals surface area contributed by atoms with Crippen LogP contribution in [0.25, 0.3) is 21.5 Å². The fourth-order valence-electron chi connectivity index (χ4n) is 2.86. The van der Waals surface area contributed by atoms with Crippen LogP contribution in [0.4, 0.5) is 18.9 Å². The molecule has 0 atom stereocenters. The molecule has 0 aliphatic heterocycles. The van der Waals surface area contributed by atoms with Gasteiger partial charge in [-0.2, -0.15) is 5.10 Å². The lowest BCUT2D eigenvalue weighted by atomic mass is 10.1. The molecule has 4 nitrogen and oxygen atoms in total. The number of hydrogen-bond acceptors (Lipinski definition) is 4. The molecule has 2 aromatic heterocycles. The van der Waals surface area contributed by atoms with Crippen molar-refractivity contribution in [2.45, 2.75) is 12.9 Å². The van der Waals surface area contributed by atoms with Gasteiger partial charge in [-0.3, -0.25) is 5.10 Å². The van der Waals surface area contributed by atoms with Crippen LogP contribution in [0.15, 0.2) is 60.0 Å². The van der Waals surface area contributed by atoms with E-state index in [0.717, 1.165) is 27.0 Å². The summed E-state index contributed by atoms with van der Waals surface area (Å²) in [7, 11) is 0. The van der Waals surface area contributed by atoms with Gasteiger partial charge in [-0.05, 0) is 47.3 Å². The van der Waals surface area contributed by atoms with E-state index in [-0.39, 0.29) is 5.75 Å². The van der Waals surface area contributed by atoms with Crippen LogP contribution in [0, 0.1) is 0 Å². The second-order valence-electron chi connectivity index (χ2n) is 5.81. The number of thiophene rings is 1. The molecule has 27 heavy (non-hydrogen) atoms. The van der Waals surface area contributed by atoms with Gasteiger partial charge >= 0.3 is 6.36 Å². The number of H-pyrrole nitrogens is 1. The highest BCUT2D eigenvalue weighted by Crippen LogP contribution is 2.32. The lowest BCUT2D eigenvalue weighted by Crippen LogP contribution is -2.17. The molecule has 0 aliphatic carbocycles. The first-order chi connectivity index (χ1) is 13.0. The number of alkyl halides is 3. The normalized spacial score (nSPS) is 11.7. The van der Waals surface area contributed by atoms with Crippen molar-refractivity contribution in [3.05, 3.63) is 65.5 Å². The van der Waals surface area contributed by atoms with Crippen molar-refractivity contribution in [2.24, 2.45) is 0 Å². The second kappa shape index (κ2) is 6.96. The molecule has 0 radical (unpaired) electrons. The quantitative estimate of drug-likeness (QED) is 0.453. The van der Waals surface area contributed by atoms with E-state index in [9.17, 15) is 13.2 Å². The predicted molar refractivity (Wildman–Crippen MR) is 99.9 cm³/mol. The zero-order valence-electron chi connectivity index (χ0n) is 13.9. The Hall–Kier alpha value is -3.00. The Morgan fingerprint density at radius 1 is 1.04 bits per heavy atom. The van der Waals surface area contributed by atoms with Gasteiger partial charge in [0.1, 0.15) is 11.4 Å². The predicted octanol–water partition coefficient (Wildman–Crippen LogP) is 5.80. The lowest BCUT2D eigenvalue weighted by molar-refractivity contribution is -0.274. The largest absolute Gasteiger partial charge is 0.573 e. The van der Waals surface area contributed by atoms with E-state index in [4.69, 9.17) is 0 Å². The number of anilines is 1. The number of ether oxygens (including phenoxy) is 1. The van der Waals surface area contributed by atoms with Crippen molar-refractivity contribution in [3.8, 4) is 16.3 Å². The molecular formula is C19H14F3N3OS. The number of fused-ring (bicyclic) bond motifs is 1. The van der Waals surface area contributed by atoms with Gasteiger partial charge in [-0.25, -0.2) is 0 Å². The van der Waals surface area contributed by atoms with Gasteiger partial charge in [0.05, 0.1) is 10.4 Å². The Bertz CT molecular complexity index is 1040. The Kier molecular flexibility index (Phi) is 4.49. The van der Waals surface area contributed by atoms with Crippen molar-refractivity contribution < 1.29 is 17.9 Å². The third-order valence-corrected chi connectivity index (χ3v) is 4.88. The standard InChI is InChI=1S/C19H14F3N3OS/c20-19(21,22)26-14-8-6-13(7-9-14)23-11-12-3-1-4-15-17(12)18(25-24-15)16-5-2-10-27-16/h1-10,23H,11H2,(H,24,25). The van der Waals surface area contributed by atoms with Gasteiger partial charge in [0.25, 0.3) is 0 Å². The number of hydrogen-bond donors (Lipinski definition) is 2. The average molecular weight is 389 g/mol. The Balaban J connectivity index is 1.55. The van der Waals surface area contributed by atoms with Crippen LogP contribution in [-0.2, 0) is 6.54 Å². The number of rotatable bonds is 5. The van der Waals surface area contributed by atoms with Gasteiger partial charge in [0.15, 0.2) is 0 Å². The molecular weight excluding hydrogens is 375 g/mol. The van der Waals surface area contributed by atoms with E-state index >= 15 is 0 Å². The molecule has 0 spiro atoms. The summed E-state index contributed by atoms with van der Waals surface area (Å²) < 4.78 is 40.6. The molecule has 2 aromatic carbocycles. The summed E-state index contributed by atoms with van der Waals surface area (Å²) in [6.45, 7) is 0.509. The van der Waals surface area contributed by atoms with Gasteiger partial charge in [-0.1, -0.05) is 18.2 Å². The first-order valence-electron chi connectivity index (χ1n) is 8.09. The van der Waals surface area contributed by atoms with Crippen LogP contribution >= 0.6 is 11.3 Å². The van der Waals surface area contributed by atoms with E-state index in [1.807, 2.05) is 35.7 Å². The van der Waals surface area contributed by atoms with E-state index in [1.54, 1.807) is 23.5 Å². The summed E-state index contributed by atoms with van der Waals surface area (Å²) in [5.41, 5.74) is 3.57. The fraction of sp³-hybridized carbons (Fsp3) is 0.105. The monoisotopic (exact) mass is 389 g/mol. The number of nitrogens with zero attached hydrogens (tertiary/aromatic N) is 1. The summed E-state index contributed by atoms with van der Waals surface area (Å²) >= 11 is 1.62. The van der Waals surface area contributed by atoms with Crippen LogP contribution in [0.3, 0.4) is 0 Å². The maximum Gasteiger partial charge on any atom is 0.573 e. The molecule has 138 valence electrons. The maximum atomic E-state index is 12.2. The molecule has 4 rings (SSSR count). The van der Waals surface area contributed by atoms with Gasteiger partial charge < -0.3 is 10.1 Å². The molecule has 2 N–H and O–H groups in total. The van der Waals surface area contributed by atoms with Crippen molar-refractivity contribution in [1.29, 1.82) is 0 Å². The Morgan fingerprint density at radius 2 is 1.85 bits per heavy atom. The number of nitrogens with one attached hydrogen (secondary N) is 2. The molecule has 0 bridgehead atoms. The van der Waals surface area contributed by atoms with Crippen molar-refractivity contribution in [2.75, 3.05) is 5.32 Å². The minimum absolute atomic E-state index is 0.245. The zero-order valence-corrected chi connectivity index (χ0v) is 14.7. The molecule has 2 heterocycles. The van der Waals surface area contributed by atoms with Crippen LogP contribution < -0.4 is 10.1 Å². The van der Waals surface area contributed by atoms with Crippen molar-refractivity contribution in [1.82, 2.24) is 10.2 Å². The van der Waals surface area contributed by atoms with Crippen molar-refractivity contribution >= 4 is 27.9 Å². The third-order valence-electron chi connectivity index (χ3n) is 4.00. The minimum Gasteiger partial charge on any atom is -0.406 e. The first kappa shape index (κ1) is 17.4. The number of aromatic nitrogens is 2. The van der Waals surface area contributed by atoms with E-state index in [2.05, 4.69) is 20.3 Å². The third kappa shape index (κ3) is 3.90. The van der Waals surface area contributed by atoms with Gasteiger partial charge in [0.2, 0.25) is 0 Å². The average Bonchev–Trinajstić information content (AvgIpc) is 3.29. The van der Waals surface area contributed by atoms with E-state index < -0.39 is 6.36 Å². The Morgan fingerprint density at radius 3 is 2.56 bits per heavy atom. The van der Waals surface area contributed by atoms with Gasteiger partial charge in [0, 0.05) is 17.6 Å². The molecule has 8 heteroatoms. The number of halogens is 3. The van der Waals surface area contributed by atoms with Crippen LogP contribution in [0.5, 0.6) is 5.75 Å². The Labute approximate surface area is 156 Å². The first-order valence-corrected chi connectivity index (χ1v) is 8.97. The molecule has 0 saturated heterocycles.